The van der Waals surface area contributed by atoms with Gasteiger partial charge in [-0.1, -0.05) is 0 Å². The molecule has 0 saturated heterocycles. The molecular weight excluding hydrogens is 161 g/mol. The van der Waals surface area contributed by atoms with Gasteiger partial charge in [0.05, 0.1) is 0 Å². The van der Waals surface area contributed by atoms with Crippen molar-refractivity contribution in [3.05, 3.63) is 0 Å². The molecule has 8 heavy (non-hydrogen) atoms. The van der Waals surface area contributed by atoms with Gasteiger partial charge in [-0.2, -0.15) is 0 Å². The Bertz CT molecular complexity index is 31.5. The van der Waals surface area contributed by atoms with Crippen LogP contribution >= 0.6 is 0 Å². The van der Waals surface area contributed by atoms with Crippen molar-refractivity contribution in [1.29, 1.82) is 0 Å². The van der Waals surface area contributed by atoms with E-state index in [1.807, 2.05) is 0 Å². The van der Waals surface area contributed by atoms with E-state index in [1.165, 1.54) is 0 Å². The van der Waals surface area contributed by atoms with E-state index < -0.39 is 9.05 Å². The van der Waals surface area contributed by atoms with Crippen molar-refractivity contribution in [2.45, 2.75) is 0 Å². The van der Waals surface area contributed by atoms with Crippen molar-refractivity contribution in [1.82, 2.24) is 0 Å². The molecule has 0 heterocycles. The van der Waals surface area contributed by atoms with Crippen LogP contribution in [0.15, 0.2) is 0 Å². The summed E-state index contributed by atoms with van der Waals surface area (Å²) in [5.41, 5.74) is 0. The molecule has 0 saturated carbocycles. The Morgan fingerprint density at radius 3 is 0.875 bits per heavy atom. The first-order valence-corrected chi connectivity index (χ1v) is 2.45. The van der Waals surface area contributed by atoms with Gasteiger partial charge in [-0.15, -0.1) is 0 Å². The van der Waals surface area contributed by atoms with E-state index in [9.17, 15) is 0 Å². The van der Waals surface area contributed by atoms with Gasteiger partial charge in [-0.05, 0) is 0 Å². The van der Waals surface area contributed by atoms with Crippen molar-refractivity contribution in [2.24, 2.45) is 0 Å². The molecule has 0 bridgehead atoms. The summed E-state index contributed by atoms with van der Waals surface area (Å²) in [4.78, 5) is 34.3. The summed E-state index contributed by atoms with van der Waals surface area (Å²) in [6.07, 6.45) is 0. The van der Waals surface area contributed by atoms with E-state index in [1.54, 1.807) is 0 Å². The third-order valence-corrected chi connectivity index (χ3v) is 0. The zero-order valence-electron chi connectivity index (χ0n) is 4.12. The quantitative estimate of drug-likeness (QED) is 0.330. The zero-order chi connectivity index (χ0) is 4.50. The Hall–Kier alpha value is 1.52. The molecule has 0 aromatic heterocycles. The molecular formula is HAlFNaO4Si. The molecule has 0 unspecified atom stereocenters. The van der Waals surface area contributed by atoms with Crippen LogP contribution in [0.25, 0.3) is 0 Å². The fraction of sp³-hybridized carbons (Fsp3) is 0. The van der Waals surface area contributed by atoms with Crippen molar-refractivity contribution < 1.29 is 53.4 Å². The maximum atomic E-state index is 8.58. The van der Waals surface area contributed by atoms with Crippen LogP contribution in [0.5, 0.6) is 0 Å². The normalized spacial score (nSPS) is 7.50. The molecule has 0 amide bonds. The van der Waals surface area contributed by atoms with E-state index in [4.69, 9.17) is 19.2 Å². The predicted molar refractivity (Wildman–Crippen MR) is 14.0 cm³/mol. The third kappa shape index (κ3) is 138. The van der Waals surface area contributed by atoms with E-state index in [0.29, 0.717) is 0 Å². The minimum absolute atomic E-state index is 0. The minimum atomic E-state index is -5.61. The van der Waals surface area contributed by atoms with Crippen LogP contribution < -0.4 is 48.7 Å². The van der Waals surface area contributed by atoms with Crippen molar-refractivity contribution in [2.75, 3.05) is 0 Å². The fourth-order valence-electron chi connectivity index (χ4n) is 0. The molecule has 40 valence electrons. The average molecular weight is 162 g/mol. The summed E-state index contributed by atoms with van der Waals surface area (Å²) in [5.74, 6) is 0. The molecule has 4 nitrogen and oxygen atoms in total. The monoisotopic (exact) mass is 162 g/mol. The first kappa shape index (κ1) is 22.7. The molecule has 0 aliphatic carbocycles. The molecule has 0 spiro atoms. The number of rotatable bonds is 0. The van der Waals surface area contributed by atoms with Gasteiger partial charge in [-0.3, -0.25) is 4.70 Å². The van der Waals surface area contributed by atoms with Crippen LogP contribution in [0.2, 0.25) is 0 Å². The second-order valence-electron chi connectivity index (χ2n) is 0.500. The molecule has 8 heteroatoms. The van der Waals surface area contributed by atoms with Gasteiger partial charge in [0.2, 0.25) is 0 Å². The van der Waals surface area contributed by atoms with Gasteiger partial charge >= 0.3 is 46.9 Å². The predicted octanol–water partition coefficient (Wildman–Crippen LogP) is -8.36. The number of hydrogen-bond acceptors (Lipinski definition) is 4. The Morgan fingerprint density at radius 2 is 0.875 bits per heavy atom. The molecule has 0 aromatic carbocycles. The van der Waals surface area contributed by atoms with Gasteiger partial charge in [0.15, 0.2) is 0 Å². The summed E-state index contributed by atoms with van der Waals surface area (Å²) in [5, 5.41) is 0. The number of halogens is 1. The standard InChI is InChI=1S/Al.FH.Na.O4Si/c;;;1-5(2,3)4/h;1H;;/q+3;;+1;-4. The van der Waals surface area contributed by atoms with E-state index in [0.717, 1.165) is 0 Å². The SMILES string of the molecule is F.[Al+3].[Na+].[O-][Si]([O-])([O-])[O-]. The Kier molecular flexibility index (Phi) is 24.2. The van der Waals surface area contributed by atoms with Gasteiger partial charge in [0.25, 0.3) is 0 Å². The van der Waals surface area contributed by atoms with E-state index in [2.05, 4.69) is 0 Å². The first-order valence-electron chi connectivity index (χ1n) is 0.816. The maximum absolute atomic E-state index is 8.58. The minimum Gasteiger partial charge on any atom is -0.894 e. The Balaban J connectivity index is -0.0000000267. The second-order valence-corrected chi connectivity index (χ2v) is 1.50. The van der Waals surface area contributed by atoms with Crippen LogP contribution in [-0.2, 0) is 0 Å². The van der Waals surface area contributed by atoms with Gasteiger partial charge in [0.1, 0.15) is 0 Å². The molecule has 0 aliphatic rings. The molecule has 0 radical (unpaired) electrons. The Labute approximate surface area is 79.4 Å². The van der Waals surface area contributed by atoms with E-state index in [-0.39, 0.29) is 51.6 Å². The summed E-state index contributed by atoms with van der Waals surface area (Å²) in [7, 11) is -5.61. The van der Waals surface area contributed by atoms with Gasteiger partial charge in [-0.25, -0.2) is 0 Å². The molecule has 0 aromatic rings. The average Bonchev–Trinajstić information content (AvgIpc) is 0.722. The topological polar surface area (TPSA) is 92.2 Å². The van der Waals surface area contributed by atoms with Crippen LogP contribution in [0.3, 0.4) is 0 Å². The largest absolute Gasteiger partial charge is 3.00 e. The maximum Gasteiger partial charge on any atom is 3.00 e. The smallest absolute Gasteiger partial charge is 0.894 e. The van der Waals surface area contributed by atoms with Crippen molar-refractivity contribution in [3.63, 3.8) is 0 Å². The molecule has 0 N–H and O–H groups in total. The van der Waals surface area contributed by atoms with Crippen molar-refractivity contribution in [3.8, 4) is 0 Å². The van der Waals surface area contributed by atoms with Crippen LogP contribution in [0.4, 0.5) is 4.70 Å². The molecule has 0 fully saturated rings. The third-order valence-electron chi connectivity index (χ3n) is 0. The van der Waals surface area contributed by atoms with Crippen LogP contribution in [-0.4, -0.2) is 26.4 Å². The van der Waals surface area contributed by atoms with Crippen molar-refractivity contribution >= 4 is 26.4 Å². The van der Waals surface area contributed by atoms with Gasteiger partial charge < -0.3 is 28.2 Å². The first-order chi connectivity index (χ1) is 2.00. The van der Waals surface area contributed by atoms with Crippen LogP contribution in [0.1, 0.15) is 0 Å². The fourth-order valence-corrected chi connectivity index (χ4v) is 0. The summed E-state index contributed by atoms with van der Waals surface area (Å²) < 4.78 is 0. The molecule has 0 rings (SSSR count). The van der Waals surface area contributed by atoms with Crippen LogP contribution in [0, 0.1) is 0 Å². The van der Waals surface area contributed by atoms with E-state index >= 15 is 0 Å². The second kappa shape index (κ2) is 8.52. The molecule has 0 atom stereocenters. The summed E-state index contributed by atoms with van der Waals surface area (Å²) in [6.45, 7) is 0. The number of hydrogen-bond donors (Lipinski definition) is 0. The molecule has 0 aliphatic heterocycles. The Morgan fingerprint density at radius 1 is 0.875 bits per heavy atom. The zero-order valence-corrected chi connectivity index (χ0v) is 8.27. The summed E-state index contributed by atoms with van der Waals surface area (Å²) in [6, 6.07) is 0. The van der Waals surface area contributed by atoms with Gasteiger partial charge in [0, 0.05) is 0 Å². The summed E-state index contributed by atoms with van der Waals surface area (Å²) >= 11 is 0.